The van der Waals surface area contributed by atoms with Gasteiger partial charge < -0.3 is 0 Å². The molecule has 108 valence electrons. The summed E-state index contributed by atoms with van der Waals surface area (Å²) in [4.78, 5) is 0. The van der Waals surface area contributed by atoms with Crippen LogP contribution in [0.4, 0.5) is 0 Å². The fraction of sp³-hybridized carbons (Fsp3) is 0.647. The van der Waals surface area contributed by atoms with Gasteiger partial charge in [-0.2, -0.15) is 0 Å². The van der Waals surface area contributed by atoms with Crippen molar-refractivity contribution in [3.8, 4) is 0 Å². The summed E-state index contributed by atoms with van der Waals surface area (Å²) in [5.41, 5.74) is 6.51. The molecule has 0 aromatic heterocycles. The van der Waals surface area contributed by atoms with E-state index in [9.17, 15) is 0 Å². The molecule has 0 heterocycles. The van der Waals surface area contributed by atoms with Gasteiger partial charge in [-0.3, -0.25) is 0 Å². The topological polar surface area (TPSA) is 15.3 Å². The standard InChI is InChI=1S/C17H30N2/c1-8-14-9-11-15(12-10-14)13-18-19(16(2,3)4)17(5,6)7/h9-12,18H,8,13H2,1-7H3. The Balaban J connectivity index is 2.71. The van der Waals surface area contributed by atoms with Crippen LogP contribution < -0.4 is 5.43 Å². The van der Waals surface area contributed by atoms with Gasteiger partial charge in [0.15, 0.2) is 0 Å². The predicted octanol–water partition coefficient (Wildman–Crippen LogP) is 4.15. The lowest BCUT2D eigenvalue weighted by Gasteiger charge is -2.45. The average Bonchev–Trinajstić information content (AvgIpc) is 2.26. The Morgan fingerprint density at radius 1 is 0.842 bits per heavy atom. The summed E-state index contributed by atoms with van der Waals surface area (Å²) in [6.07, 6.45) is 1.10. The summed E-state index contributed by atoms with van der Waals surface area (Å²) < 4.78 is 0. The Kier molecular flexibility index (Phi) is 5.17. The van der Waals surface area contributed by atoms with Gasteiger partial charge in [0.2, 0.25) is 0 Å². The average molecular weight is 262 g/mol. The third-order valence-corrected chi connectivity index (χ3v) is 3.21. The highest BCUT2D eigenvalue weighted by molar-refractivity contribution is 5.22. The number of hydrogen-bond donors (Lipinski definition) is 1. The summed E-state index contributed by atoms with van der Waals surface area (Å²) >= 11 is 0. The van der Waals surface area contributed by atoms with Crippen molar-refractivity contribution in [2.24, 2.45) is 0 Å². The molecule has 0 amide bonds. The monoisotopic (exact) mass is 262 g/mol. The van der Waals surface area contributed by atoms with E-state index in [1.165, 1.54) is 11.1 Å². The highest BCUT2D eigenvalue weighted by Gasteiger charge is 2.31. The zero-order valence-electron chi connectivity index (χ0n) is 13.7. The van der Waals surface area contributed by atoms with Gasteiger partial charge in [-0.15, -0.1) is 0 Å². The SMILES string of the molecule is CCc1ccc(CNN(C(C)(C)C)C(C)(C)C)cc1. The summed E-state index contributed by atoms with van der Waals surface area (Å²) in [7, 11) is 0. The van der Waals surface area contributed by atoms with E-state index in [0.29, 0.717) is 0 Å². The third kappa shape index (κ3) is 4.96. The molecule has 0 spiro atoms. The maximum absolute atomic E-state index is 3.59. The minimum Gasteiger partial charge on any atom is -0.250 e. The maximum atomic E-state index is 3.59. The Morgan fingerprint density at radius 2 is 1.26 bits per heavy atom. The second-order valence-corrected chi connectivity index (χ2v) is 7.18. The highest BCUT2D eigenvalue weighted by Crippen LogP contribution is 2.22. The minimum atomic E-state index is 0.0988. The van der Waals surface area contributed by atoms with Crippen LogP contribution in [0.1, 0.15) is 59.6 Å². The molecular formula is C17H30N2. The maximum Gasteiger partial charge on any atom is 0.0353 e. The van der Waals surface area contributed by atoms with E-state index in [1.807, 2.05) is 0 Å². The van der Waals surface area contributed by atoms with E-state index in [-0.39, 0.29) is 11.1 Å². The normalized spacial score (nSPS) is 13.1. The molecule has 2 nitrogen and oxygen atoms in total. The minimum absolute atomic E-state index is 0.0988. The molecule has 0 unspecified atom stereocenters. The Bertz CT molecular complexity index is 365. The van der Waals surface area contributed by atoms with Crippen molar-refractivity contribution in [3.63, 3.8) is 0 Å². The number of hydrogen-bond acceptors (Lipinski definition) is 2. The van der Waals surface area contributed by atoms with Crippen molar-refractivity contribution >= 4 is 0 Å². The van der Waals surface area contributed by atoms with Crippen LogP contribution in [0.5, 0.6) is 0 Å². The fourth-order valence-electron chi connectivity index (χ4n) is 2.54. The second kappa shape index (κ2) is 6.06. The molecule has 1 N–H and O–H groups in total. The number of nitrogens with zero attached hydrogens (tertiary/aromatic N) is 1. The van der Waals surface area contributed by atoms with E-state index >= 15 is 0 Å². The first-order valence-corrected chi connectivity index (χ1v) is 7.26. The van der Waals surface area contributed by atoms with E-state index in [4.69, 9.17) is 0 Å². The summed E-state index contributed by atoms with van der Waals surface area (Å²) in [6, 6.07) is 8.87. The van der Waals surface area contributed by atoms with Gasteiger partial charge in [-0.25, -0.2) is 10.4 Å². The van der Waals surface area contributed by atoms with Crippen molar-refractivity contribution in [1.29, 1.82) is 0 Å². The van der Waals surface area contributed by atoms with Crippen molar-refractivity contribution in [3.05, 3.63) is 35.4 Å². The van der Waals surface area contributed by atoms with Crippen LogP contribution in [0.3, 0.4) is 0 Å². The molecule has 0 radical (unpaired) electrons. The van der Waals surface area contributed by atoms with E-state index in [1.54, 1.807) is 0 Å². The van der Waals surface area contributed by atoms with Crippen LogP contribution in [0, 0.1) is 0 Å². The van der Waals surface area contributed by atoms with Crippen LogP contribution in [0.2, 0.25) is 0 Å². The molecule has 1 aromatic carbocycles. The summed E-state index contributed by atoms with van der Waals surface area (Å²) in [5, 5.41) is 2.34. The van der Waals surface area contributed by atoms with Gasteiger partial charge in [0.05, 0.1) is 0 Å². The first-order chi connectivity index (χ1) is 8.64. The third-order valence-electron chi connectivity index (χ3n) is 3.21. The fourth-order valence-corrected chi connectivity index (χ4v) is 2.54. The molecule has 19 heavy (non-hydrogen) atoms. The van der Waals surface area contributed by atoms with Crippen molar-refractivity contribution in [2.75, 3.05) is 0 Å². The molecule has 1 aromatic rings. The van der Waals surface area contributed by atoms with E-state index < -0.39 is 0 Å². The van der Waals surface area contributed by atoms with Crippen LogP contribution in [-0.4, -0.2) is 16.1 Å². The van der Waals surface area contributed by atoms with Gasteiger partial charge in [0.25, 0.3) is 0 Å². The number of benzene rings is 1. The number of nitrogens with one attached hydrogen (secondary N) is 1. The summed E-state index contributed by atoms with van der Waals surface area (Å²) in [6.45, 7) is 16.5. The predicted molar refractivity (Wildman–Crippen MR) is 84.0 cm³/mol. The molecule has 0 aliphatic heterocycles. The van der Waals surface area contributed by atoms with E-state index in [2.05, 4.69) is 83.2 Å². The first-order valence-electron chi connectivity index (χ1n) is 7.26. The molecule has 2 heteroatoms. The molecule has 0 saturated heterocycles. The zero-order valence-corrected chi connectivity index (χ0v) is 13.7. The van der Waals surface area contributed by atoms with Crippen molar-refractivity contribution in [1.82, 2.24) is 10.4 Å². The molecule has 0 aliphatic rings. The second-order valence-electron chi connectivity index (χ2n) is 7.18. The Labute approximate surface area is 119 Å². The lowest BCUT2D eigenvalue weighted by Crippen LogP contribution is -2.59. The molecule has 1 rings (SSSR count). The largest absolute Gasteiger partial charge is 0.250 e. The lowest BCUT2D eigenvalue weighted by atomic mass is 9.99. The van der Waals surface area contributed by atoms with Gasteiger partial charge in [0.1, 0.15) is 0 Å². The van der Waals surface area contributed by atoms with E-state index in [0.717, 1.165) is 13.0 Å². The summed E-state index contributed by atoms with van der Waals surface area (Å²) in [5.74, 6) is 0. The van der Waals surface area contributed by atoms with Gasteiger partial charge in [-0.1, -0.05) is 31.2 Å². The van der Waals surface area contributed by atoms with Gasteiger partial charge in [-0.05, 0) is 59.1 Å². The van der Waals surface area contributed by atoms with Crippen LogP contribution in [0.25, 0.3) is 0 Å². The molecular weight excluding hydrogens is 232 g/mol. The van der Waals surface area contributed by atoms with Gasteiger partial charge in [0, 0.05) is 17.6 Å². The van der Waals surface area contributed by atoms with Crippen LogP contribution in [-0.2, 0) is 13.0 Å². The molecule has 0 saturated carbocycles. The van der Waals surface area contributed by atoms with Gasteiger partial charge >= 0.3 is 0 Å². The molecule has 0 fully saturated rings. The quantitative estimate of drug-likeness (QED) is 0.820. The molecule has 0 aliphatic carbocycles. The molecule has 0 atom stereocenters. The van der Waals surface area contributed by atoms with Crippen LogP contribution in [0.15, 0.2) is 24.3 Å². The molecule has 0 bridgehead atoms. The number of hydrazine groups is 1. The lowest BCUT2D eigenvalue weighted by molar-refractivity contribution is -0.0175. The highest BCUT2D eigenvalue weighted by atomic mass is 15.6. The number of aryl methyl sites for hydroxylation is 1. The number of rotatable bonds is 4. The van der Waals surface area contributed by atoms with Crippen molar-refractivity contribution < 1.29 is 0 Å². The smallest absolute Gasteiger partial charge is 0.0353 e. The zero-order chi connectivity index (χ0) is 14.7. The van der Waals surface area contributed by atoms with Crippen LogP contribution >= 0.6 is 0 Å². The first kappa shape index (κ1) is 16.2. The Morgan fingerprint density at radius 3 is 1.63 bits per heavy atom. The van der Waals surface area contributed by atoms with Crippen molar-refractivity contribution in [2.45, 2.75) is 72.5 Å². The Hall–Kier alpha value is -0.860.